The van der Waals surface area contributed by atoms with Gasteiger partial charge in [-0.15, -0.1) is 0 Å². The quantitative estimate of drug-likeness (QED) is 0.632. The summed E-state index contributed by atoms with van der Waals surface area (Å²) in [7, 11) is 0. The summed E-state index contributed by atoms with van der Waals surface area (Å²) in [5.41, 5.74) is 0.640. The highest BCUT2D eigenvalue weighted by Gasteiger charge is 2.35. The molecule has 0 saturated heterocycles. The van der Waals surface area contributed by atoms with Crippen molar-refractivity contribution in [1.82, 2.24) is 0 Å². The Hall–Kier alpha value is -1.98. The van der Waals surface area contributed by atoms with Crippen molar-refractivity contribution in [2.45, 2.75) is 13.8 Å². The predicted molar refractivity (Wildman–Crippen MR) is 77.7 cm³/mol. The topological polar surface area (TPSA) is 71.5 Å². The second-order valence-electron chi connectivity index (χ2n) is 4.51. The number of hydrogen-bond donors (Lipinski definition) is 0. The van der Waals surface area contributed by atoms with Crippen LogP contribution in [0.3, 0.4) is 0 Å². The van der Waals surface area contributed by atoms with E-state index >= 15 is 0 Å². The van der Waals surface area contributed by atoms with Crippen LogP contribution in [-0.4, -0.2) is 22.3 Å². The normalized spacial score (nSPS) is 15.0. The maximum atomic E-state index is 12.1. The SMILES string of the molecule is CC1=C(C)C(=O)N(c2cc(C(=O)Cl)cc(C(=O)Cl)c2)C1=O. The maximum Gasteiger partial charge on any atom is 0.261 e. The second-order valence-corrected chi connectivity index (χ2v) is 5.20. The Kier molecular flexibility index (Phi) is 3.98. The van der Waals surface area contributed by atoms with Crippen LogP contribution >= 0.6 is 23.2 Å². The van der Waals surface area contributed by atoms with E-state index in [4.69, 9.17) is 23.2 Å². The van der Waals surface area contributed by atoms with Gasteiger partial charge in [0.15, 0.2) is 0 Å². The van der Waals surface area contributed by atoms with Crippen molar-refractivity contribution in [2.75, 3.05) is 4.90 Å². The largest absolute Gasteiger partial charge is 0.276 e. The summed E-state index contributed by atoms with van der Waals surface area (Å²) in [4.78, 5) is 47.7. The van der Waals surface area contributed by atoms with Crippen molar-refractivity contribution in [3.8, 4) is 0 Å². The number of benzene rings is 1. The number of rotatable bonds is 3. The molecule has 1 aromatic rings. The molecule has 0 unspecified atom stereocenters. The minimum Gasteiger partial charge on any atom is -0.276 e. The van der Waals surface area contributed by atoms with Crippen LogP contribution in [0.4, 0.5) is 5.69 Å². The van der Waals surface area contributed by atoms with Gasteiger partial charge in [-0.05, 0) is 55.2 Å². The first-order chi connectivity index (χ1) is 9.73. The van der Waals surface area contributed by atoms with Gasteiger partial charge in [-0.25, -0.2) is 4.90 Å². The molecule has 108 valence electrons. The van der Waals surface area contributed by atoms with Crippen molar-refractivity contribution in [2.24, 2.45) is 0 Å². The highest BCUT2D eigenvalue weighted by molar-refractivity contribution is 6.69. The molecule has 1 heterocycles. The van der Waals surface area contributed by atoms with Crippen molar-refractivity contribution in [1.29, 1.82) is 0 Å². The Morgan fingerprint density at radius 3 is 1.57 bits per heavy atom. The van der Waals surface area contributed by atoms with E-state index in [-0.39, 0.29) is 16.8 Å². The van der Waals surface area contributed by atoms with Gasteiger partial charge < -0.3 is 0 Å². The van der Waals surface area contributed by atoms with Gasteiger partial charge in [0.2, 0.25) is 0 Å². The molecule has 2 rings (SSSR count). The van der Waals surface area contributed by atoms with Crippen molar-refractivity contribution in [3.63, 3.8) is 0 Å². The van der Waals surface area contributed by atoms with Crippen LogP contribution in [0, 0.1) is 0 Å². The molecule has 0 aliphatic carbocycles. The number of imide groups is 1. The van der Waals surface area contributed by atoms with Crippen LogP contribution in [0.15, 0.2) is 29.3 Å². The minimum atomic E-state index is -0.823. The van der Waals surface area contributed by atoms with E-state index in [1.54, 1.807) is 0 Å². The fraction of sp³-hybridized carbons (Fsp3) is 0.143. The third-order valence-electron chi connectivity index (χ3n) is 3.24. The van der Waals surface area contributed by atoms with Crippen LogP contribution in [0.1, 0.15) is 34.6 Å². The van der Waals surface area contributed by atoms with Gasteiger partial charge in [-0.2, -0.15) is 0 Å². The molecular weight excluding hydrogens is 317 g/mol. The number of carbonyl (C=O) groups is 4. The average Bonchev–Trinajstić information content (AvgIpc) is 2.62. The van der Waals surface area contributed by atoms with Crippen molar-refractivity contribution < 1.29 is 19.2 Å². The van der Waals surface area contributed by atoms with Gasteiger partial charge in [0, 0.05) is 22.3 Å². The molecule has 0 bridgehead atoms. The van der Waals surface area contributed by atoms with E-state index in [1.807, 2.05) is 0 Å². The molecule has 1 aromatic carbocycles. The number of nitrogens with zero attached hydrogens (tertiary/aromatic N) is 1. The minimum absolute atomic E-state index is 0.0269. The number of amides is 2. The Morgan fingerprint density at radius 2 is 1.24 bits per heavy atom. The summed E-state index contributed by atoms with van der Waals surface area (Å²) in [5.74, 6) is -1.02. The fourth-order valence-corrected chi connectivity index (χ4v) is 2.17. The smallest absolute Gasteiger partial charge is 0.261 e. The van der Waals surface area contributed by atoms with E-state index in [0.29, 0.717) is 11.1 Å². The number of halogens is 2. The molecule has 21 heavy (non-hydrogen) atoms. The third-order valence-corrected chi connectivity index (χ3v) is 3.68. The summed E-state index contributed by atoms with van der Waals surface area (Å²) >= 11 is 10.8. The van der Waals surface area contributed by atoms with Crippen LogP contribution in [-0.2, 0) is 9.59 Å². The van der Waals surface area contributed by atoms with Crippen LogP contribution in [0.2, 0.25) is 0 Å². The first kappa shape index (κ1) is 15.4. The van der Waals surface area contributed by atoms with Crippen LogP contribution in [0.5, 0.6) is 0 Å². The van der Waals surface area contributed by atoms with Gasteiger partial charge >= 0.3 is 0 Å². The Balaban J connectivity index is 2.60. The number of anilines is 1. The van der Waals surface area contributed by atoms with E-state index in [0.717, 1.165) is 4.90 Å². The lowest BCUT2D eigenvalue weighted by Gasteiger charge is -2.16. The molecule has 0 radical (unpaired) electrons. The molecular formula is C14H9Cl2NO4. The third kappa shape index (κ3) is 2.62. The van der Waals surface area contributed by atoms with Crippen LogP contribution in [0.25, 0.3) is 0 Å². The first-order valence-corrected chi connectivity index (χ1v) is 6.60. The second kappa shape index (κ2) is 5.42. The predicted octanol–water partition coefficient (Wildman–Crippen LogP) is 2.65. The van der Waals surface area contributed by atoms with E-state index in [2.05, 4.69) is 0 Å². The lowest BCUT2D eigenvalue weighted by Crippen LogP contribution is -2.31. The molecule has 0 spiro atoms. The number of carbonyl (C=O) groups excluding carboxylic acids is 4. The Morgan fingerprint density at radius 1 is 0.857 bits per heavy atom. The van der Waals surface area contributed by atoms with Crippen molar-refractivity contribution in [3.05, 3.63) is 40.5 Å². The lowest BCUT2D eigenvalue weighted by atomic mass is 10.1. The molecule has 0 N–H and O–H groups in total. The Bertz CT molecular complexity index is 680. The van der Waals surface area contributed by atoms with Gasteiger partial charge in [-0.1, -0.05) is 0 Å². The van der Waals surface area contributed by atoms with Gasteiger partial charge in [0.25, 0.3) is 22.3 Å². The monoisotopic (exact) mass is 325 g/mol. The molecule has 1 aliphatic heterocycles. The van der Waals surface area contributed by atoms with Gasteiger partial charge in [0.05, 0.1) is 5.69 Å². The van der Waals surface area contributed by atoms with E-state index < -0.39 is 22.3 Å². The summed E-state index contributed by atoms with van der Waals surface area (Å²) in [5, 5.41) is -1.65. The summed E-state index contributed by atoms with van der Waals surface area (Å²) < 4.78 is 0. The molecule has 0 atom stereocenters. The lowest BCUT2D eigenvalue weighted by molar-refractivity contribution is -0.120. The summed E-state index contributed by atoms with van der Waals surface area (Å²) in [6, 6.07) is 3.73. The van der Waals surface area contributed by atoms with Crippen LogP contribution < -0.4 is 4.90 Å². The maximum absolute atomic E-state index is 12.1. The highest BCUT2D eigenvalue weighted by Crippen LogP contribution is 2.29. The average molecular weight is 326 g/mol. The molecule has 2 amide bonds. The summed E-state index contributed by atoms with van der Waals surface area (Å²) in [6.07, 6.45) is 0. The molecule has 1 aliphatic rings. The Labute approximate surface area is 130 Å². The zero-order valence-electron chi connectivity index (χ0n) is 11.1. The highest BCUT2D eigenvalue weighted by atomic mass is 35.5. The molecule has 5 nitrogen and oxygen atoms in total. The van der Waals surface area contributed by atoms with E-state index in [9.17, 15) is 19.2 Å². The molecule has 0 saturated carbocycles. The summed E-state index contributed by atoms with van der Waals surface area (Å²) in [6.45, 7) is 3.06. The zero-order valence-corrected chi connectivity index (χ0v) is 12.6. The van der Waals surface area contributed by atoms with Gasteiger partial charge in [-0.3, -0.25) is 19.2 Å². The molecule has 7 heteroatoms. The fourth-order valence-electron chi connectivity index (χ4n) is 1.95. The molecule has 0 aromatic heterocycles. The molecule has 0 fully saturated rings. The van der Waals surface area contributed by atoms with Gasteiger partial charge in [0.1, 0.15) is 0 Å². The first-order valence-electron chi connectivity index (χ1n) is 5.85. The standard InChI is InChI=1S/C14H9Cl2NO4/c1-6-7(2)14(21)17(13(6)20)10-4-8(11(15)18)3-9(5-10)12(16)19/h3-5H,1-2H3. The zero-order chi connectivity index (χ0) is 15.9. The van der Waals surface area contributed by atoms with Crippen molar-refractivity contribution >= 4 is 51.2 Å². The number of hydrogen-bond acceptors (Lipinski definition) is 4. The van der Waals surface area contributed by atoms with E-state index in [1.165, 1.54) is 32.0 Å².